The highest BCUT2D eigenvalue weighted by atomic mass is 16.7. The molecule has 0 aliphatic rings. The zero-order valence-corrected chi connectivity index (χ0v) is 12.4. The molecule has 0 bridgehead atoms. The normalized spacial score (nSPS) is 10.0. The van der Waals surface area contributed by atoms with E-state index >= 15 is 0 Å². The van der Waals surface area contributed by atoms with Crippen LogP contribution in [0, 0.1) is 24.2 Å². The first-order valence-corrected chi connectivity index (χ1v) is 7.12. The number of ether oxygens (including phenoxy) is 2. The molecule has 0 unspecified atom stereocenters. The molecule has 0 saturated carbocycles. The van der Waals surface area contributed by atoms with E-state index in [9.17, 15) is 0 Å². The topological polar surface area (TPSA) is 21.7 Å². The van der Waals surface area contributed by atoms with E-state index in [1.54, 1.807) is 0 Å². The summed E-state index contributed by atoms with van der Waals surface area (Å²) >= 11 is 0. The number of terminal acetylenes is 1. The maximum absolute atomic E-state index is 5.17. The van der Waals surface area contributed by atoms with Crippen LogP contribution in [0.4, 0.5) is 0 Å². The van der Waals surface area contributed by atoms with Gasteiger partial charge in [0.2, 0.25) is 0 Å². The summed E-state index contributed by atoms with van der Waals surface area (Å²) in [6.07, 6.45) is 9.97. The first-order valence-electron chi connectivity index (χ1n) is 7.12. The van der Waals surface area contributed by atoms with Crippen molar-refractivity contribution in [2.75, 3.05) is 39.6 Å². The van der Waals surface area contributed by atoms with Crippen LogP contribution < -0.4 is 0 Å². The molecule has 19 heavy (non-hydrogen) atoms. The molecule has 0 saturated heterocycles. The minimum Gasteiger partial charge on any atom is -0.343 e. The lowest BCUT2D eigenvalue weighted by Gasteiger charge is -2.18. The van der Waals surface area contributed by atoms with E-state index in [1.165, 1.54) is 25.7 Å². The van der Waals surface area contributed by atoms with E-state index < -0.39 is 0 Å². The van der Waals surface area contributed by atoms with Crippen LogP contribution in [-0.4, -0.2) is 44.5 Å². The lowest BCUT2D eigenvalue weighted by atomic mass is 10.2. The lowest BCUT2D eigenvalue weighted by molar-refractivity contribution is -0.0294. The molecular formula is C16H27NO2. The van der Waals surface area contributed by atoms with Crippen molar-refractivity contribution in [2.24, 2.45) is 0 Å². The van der Waals surface area contributed by atoms with Crippen molar-refractivity contribution in [3.8, 4) is 24.2 Å². The molecule has 0 aromatic heterocycles. The molecule has 3 heteroatoms. The molecule has 0 atom stereocenters. The van der Waals surface area contributed by atoms with Gasteiger partial charge in [-0.3, -0.25) is 4.90 Å². The van der Waals surface area contributed by atoms with Crippen LogP contribution in [0.25, 0.3) is 0 Å². The van der Waals surface area contributed by atoms with Gasteiger partial charge in [0.05, 0.1) is 6.54 Å². The van der Waals surface area contributed by atoms with Gasteiger partial charge in [-0.05, 0) is 25.9 Å². The van der Waals surface area contributed by atoms with Crippen LogP contribution in [-0.2, 0) is 9.47 Å². The molecule has 0 radical (unpaired) electrons. The summed E-state index contributed by atoms with van der Waals surface area (Å²) in [6.45, 7) is 8.44. The third-order valence-corrected chi connectivity index (χ3v) is 2.61. The Labute approximate surface area is 118 Å². The number of nitrogens with zero attached hydrogens (tertiary/aromatic N) is 1. The van der Waals surface area contributed by atoms with Crippen LogP contribution in [0.2, 0.25) is 0 Å². The van der Waals surface area contributed by atoms with Crippen LogP contribution in [0.15, 0.2) is 0 Å². The van der Waals surface area contributed by atoms with E-state index in [1.807, 2.05) is 0 Å². The standard InChI is InChI=1S/C16H27NO2/c1-4-7-11-17(12-8-5-2)13-9-10-15-19-16-18-14-6-3/h3H,4-5,7-8,11-16H2,1-2H3. The van der Waals surface area contributed by atoms with E-state index in [4.69, 9.17) is 15.9 Å². The van der Waals surface area contributed by atoms with Gasteiger partial charge in [0.1, 0.15) is 20.0 Å². The van der Waals surface area contributed by atoms with Gasteiger partial charge in [-0.25, -0.2) is 0 Å². The predicted octanol–water partition coefficient (Wildman–Crippen LogP) is 2.52. The summed E-state index contributed by atoms with van der Waals surface area (Å²) in [5, 5.41) is 0. The summed E-state index contributed by atoms with van der Waals surface area (Å²) in [5.74, 6) is 8.53. The molecule has 0 aliphatic carbocycles. The van der Waals surface area contributed by atoms with Crippen molar-refractivity contribution in [2.45, 2.75) is 39.5 Å². The second-order valence-electron chi connectivity index (χ2n) is 4.36. The first kappa shape index (κ1) is 18.0. The second kappa shape index (κ2) is 15.1. The summed E-state index contributed by atoms with van der Waals surface area (Å²) in [4.78, 5) is 2.41. The Hall–Kier alpha value is -1.00. The van der Waals surface area contributed by atoms with E-state index in [0.29, 0.717) is 6.61 Å². The Morgan fingerprint density at radius 3 is 2.16 bits per heavy atom. The maximum atomic E-state index is 5.17. The molecule has 0 aliphatic heterocycles. The molecular weight excluding hydrogens is 238 g/mol. The number of hydrogen-bond donors (Lipinski definition) is 0. The first-order chi connectivity index (χ1) is 9.35. The van der Waals surface area contributed by atoms with Gasteiger partial charge in [0.25, 0.3) is 0 Å². The summed E-state index contributed by atoms with van der Waals surface area (Å²) < 4.78 is 10.2. The quantitative estimate of drug-likeness (QED) is 0.325. The largest absolute Gasteiger partial charge is 0.343 e. The van der Waals surface area contributed by atoms with E-state index in [2.05, 4.69) is 36.5 Å². The second-order valence-corrected chi connectivity index (χ2v) is 4.36. The van der Waals surface area contributed by atoms with Gasteiger partial charge in [0.15, 0.2) is 0 Å². The average Bonchev–Trinajstić information content (AvgIpc) is 2.43. The maximum Gasteiger partial charge on any atom is 0.149 e. The van der Waals surface area contributed by atoms with Crippen molar-refractivity contribution in [1.82, 2.24) is 4.90 Å². The van der Waals surface area contributed by atoms with E-state index in [0.717, 1.165) is 19.6 Å². The Kier molecular flexibility index (Phi) is 14.3. The summed E-state index contributed by atoms with van der Waals surface area (Å²) in [6, 6.07) is 0. The minimum absolute atomic E-state index is 0.217. The highest BCUT2D eigenvalue weighted by molar-refractivity contribution is 5.01. The zero-order valence-electron chi connectivity index (χ0n) is 12.4. The predicted molar refractivity (Wildman–Crippen MR) is 79.6 cm³/mol. The highest BCUT2D eigenvalue weighted by Crippen LogP contribution is 1.98. The lowest BCUT2D eigenvalue weighted by Crippen LogP contribution is -2.26. The Morgan fingerprint density at radius 1 is 0.947 bits per heavy atom. The zero-order chi connectivity index (χ0) is 14.2. The fourth-order valence-corrected chi connectivity index (χ4v) is 1.50. The Morgan fingerprint density at radius 2 is 1.58 bits per heavy atom. The van der Waals surface area contributed by atoms with Crippen molar-refractivity contribution < 1.29 is 9.47 Å². The summed E-state index contributed by atoms with van der Waals surface area (Å²) in [7, 11) is 0. The molecule has 0 aromatic rings. The SMILES string of the molecule is C#CCOCOCC#CCN(CCCC)CCCC. The molecule has 108 valence electrons. The van der Waals surface area contributed by atoms with Crippen molar-refractivity contribution in [3.63, 3.8) is 0 Å². The smallest absolute Gasteiger partial charge is 0.149 e. The van der Waals surface area contributed by atoms with Crippen molar-refractivity contribution in [3.05, 3.63) is 0 Å². The van der Waals surface area contributed by atoms with Crippen molar-refractivity contribution >= 4 is 0 Å². The fourth-order valence-electron chi connectivity index (χ4n) is 1.50. The Balaban J connectivity index is 3.68. The Bertz CT molecular complexity index is 277. The van der Waals surface area contributed by atoms with E-state index in [-0.39, 0.29) is 13.4 Å². The molecule has 0 rings (SSSR count). The van der Waals surface area contributed by atoms with Crippen molar-refractivity contribution in [1.29, 1.82) is 0 Å². The van der Waals surface area contributed by atoms with Gasteiger partial charge in [-0.15, -0.1) is 6.42 Å². The number of hydrogen-bond acceptors (Lipinski definition) is 3. The van der Waals surface area contributed by atoms with Crippen LogP contribution in [0.3, 0.4) is 0 Å². The van der Waals surface area contributed by atoms with Gasteiger partial charge in [0, 0.05) is 0 Å². The van der Waals surface area contributed by atoms with Gasteiger partial charge in [-0.1, -0.05) is 44.5 Å². The molecule has 0 heterocycles. The number of unbranched alkanes of at least 4 members (excludes halogenated alkanes) is 2. The van der Waals surface area contributed by atoms with Gasteiger partial charge >= 0.3 is 0 Å². The third-order valence-electron chi connectivity index (χ3n) is 2.61. The summed E-state index contributed by atoms with van der Waals surface area (Å²) in [5.41, 5.74) is 0. The molecule has 0 spiro atoms. The van der Waals surface area contributed by atoms with Gasteiger partial charge in [-0.2, -0.15) is 0 Å². The molecule has 0 N–H and O–H groups in total. The molecule has 3 nitrogen and oxygen atoms in total. The molecule has 0 amide bonds. The van der Waals surface area contributed by atoms with Gasteiger partial charge < -0.3 is 9.47 Å². The third kappa shape index (κ3) is 13.2. The monoisotopic (exact) mass is 265 g/mol. The molecule has 0 aromatic carbocycles. The average molecular weight is 265 g/mol. The van der Waals surface area contributed by atoms with Crippen LogP contribution in [0.5, 0.6) is 0 Å². The van der Waals surface area contributed by atoms with Crippen LogP contribution in [0.1, 0.15) is 39.5 Å². The fraction of sp³-hybridized carbons (Fsp3) is 0.750. The highest BCUT2D eigenvalue weighted by Gasteiger charge is 2.00. The number of rotatable bonds is 11. The minimum atomic E-state index is 0.217. The molecule has 0 fully saturated rings. The van der Waals surface area contributed by atoms with Crippen LogP contribution >= 0.6 is 0 Å².